The molecule has 0 amide bonds. The van der Waals surface area contributed by atoms with Gasteiger partial charge in [-0.1, -0.05) is 13.0 Å². The topological polar surface area (TPSA) is 75.6 Å². The van der Waals surface area contributed by atoms with E-state index in [2.05, 4.69) is 4.72 Å². The summed E-state index contributed by atoms with van der Waals surface area (Å²) in [6.45, 7) is 1.79. The van der Waals surface area contributed by atoms with Crippen LogP contribution in [0.2, 0.25) is 0 Å². The summed E-state index contributed by atoms with van der Waals surface area (Å²) < 4.78 is 31.0. The van der Waals surface area contributed by atoms with E-state index >= 15 is 0 Å². The molecule has 6 heteroatoms. The SMILES string of the molecule is CCC(O)CNS(=O)(=O)c1cccc(OC)c1. The van der Waals surface area contributed by atoms with E-state index in [-0.39, 0.29) is 11.4 Å². The number of nitrogens with one attached hydrogen (secondary N) is 1. The molecule has 1 atom stereocenters. The van der Waals surface area contributed by atoms with Crippen LogP contribution in [-0.4, -0.2) is 33.3 Å². The van der Waals surface area contributed by atoms with Crippen molar-refractivity contribution in [3.05, 3.63) is 24.3 Å². The lowest BCUT2D eigenvalue weighted by atomic mass is 10.3. The smallest absolute Gasteiger partial charge is 0.240 e. The molecule has 2 N–H and O–H groups in total. The Hall–Kier alpha value is -1.11. The van der Waals surface area contributed by atoms with Crippen molar-refractivity contribution in [3.8, 4) is 5.75 Å². The third kappa shape index (κ3) is 3.99. The van der Waals surface area contributed by atoms with Crippen LogP contribution in [0.1, 0.15) is 13.3 Å². The lowest BCUT2D eigenvalue weighted by Crippen LogP contribution is -2.31. The summed E-state index contributed by atoms with van der Waals surface area (Å²) in [6.07, 6.45) is -0.170. The molecule has 0 bridgehead atoms. The maximum Gasteiger partial charge on any atom is 0.240 e. The summed E-state index contributed by atoms with van der Waals surface area (Å²) in [4.78, 5) is 0.125. The summed E-state index contributed by atoms with van der Waals surface area (Å²) in [7, 11) is -2.12. The van der Waals surface area contributed by atoms with E-state index in [1.165, 1.54) is 19.2 Å². The first-order valence-electron chi connectivity index (χ1n) is 5.31. The van der Waals surface area contributed by atoms with E-state index in [0.29, 0.717) is 12.2 Å². The second kappa shape index (κ2) is 6.00. The van der Waals surface area contributed by atoms with Crippen LogP contribution >= 0.6 is 0 Å². The monoisotopic (exact) mass is 259 g/mol. The van der Waals surface area contributed by atoms with E-state index in [1.807, 2.05) is 0 Å². The predicted octanol–water partition coefficient (Wildman–Crippen LogP) is 0.744. The fourth-order valence-electron chi connectivity index (χ4n) is 1.20. The van der Waals surface area contributed by atoms with Crippen LogP contribution in [0.25, 0.3) is 0 Å². The Labute approximate surface area is 101 Å². The highest BCUT2D eigenvalue weighted by atomic mass is 32.2. The summed E-state index contributed by atoms with van der Waals surface area (Å²) in [5.74, 6) is 0.476. The molecule has 5 nitrogen and oxygen atoms in total. The lowest BCUT2D eigenvalue weighted by Gasteiger charge is -2.10. The van der Waals surface area contributed by atoms with Gasteiger partial charge in [0.25, 0.3) is 0 Å². The zero-order valence-corrected chi connectivity index (χ0v) is 10.7. The van der Waals surface area contributed by atoms with Gasteiger partial charge in [-0.2, -0.15) is 0 Å². The first-order chi connectivity index (χ1) is 7.99. The Morgan fingerprint density at radius 2 is 2.18 bits per heavy atom. The normalized spacial score (nSPS) is 13.4. The minimum absolute atomic E-state index is 0.00996. The van der Waals surface area contributed by atoms with Gasteiger partial charge in [0, 0.05) is 12.6 Å². The molecular weight excluding hydrogens is 242 g/mol. The van der Waals surface area contributed by atoms with Gasteiger partial charge in [0.1, 0.15) is 5.75 Å². The highest BCUT2D eigenvalue weighted by Crippen LogP contribution is 2.16. The minimum Gasteiger partial charge on any atom is -0.497 e. The maximum atomic E-state index is 11.8. The van der Waals surface area contributed by atoms with Gasteiger partial charge in [-0.05, 0) is 18.6 Å². The lowest BCUT2D eigenvalue weighted by molar-refractivity contribution is 0.174. The van der Waals surface area contributed by atoms with Crippen molar-refractivity contribution >= 4 is 10.0 Å². The van der Waals surface area contributed by atoms with Crippen molar-refractivity contribution in [2.24, 2.45) is 0 Å². The van der Waals surface area contributed by atoms with Gasteiger partial charge < -0.3 is 9.84 Å². The van der Waals surface area contributed by atoms with Crippen LogP contribution in [0.15, 0.2) is 29.2 Å². The van der Waals surface area contributed by atoms with E-state index in [4.69, 9.17) is 4.74 Å². The number of sulfonamides is 1. The van der Waals surface area contributed by atoms with E-state index in [1.54, 1.807) is 19.1 Å². The molecule has 0 heterocycles. The molecule has 96 valence electrons. The van der Waals surface area contributed by atoms with Crippen molar-refractivity contribution in [3.63, 3.8) is 0 Å². The Bertz CT molecular complexity index is 458. The van der Waals surface area contributed by atoms with Gasteiger partial charge in [0.15, 0.2) is 0 Å². The molecule has 0 aliphatic heterocycles. The molecule has 1 rings (SSSR count). The third-order valence-corrected chi connectivity index (χ3v) is 3.75. The van der Waals surface area contributed by atoms with Crippen LogP contribution in [0.5, 0.6) is 5.75 Å². The van der Waals surface area contributed by atoms with Crippen LogP contribution in [-0.2, 0) is 10.0 Å². The number of rotatable bonds is 6. The standard InChI is InChI=1S/C11H17NO4S/c1-3-9(13)8-12-17(14,15)11-6-4-5-10(7-11)16-2/h4-7,9,12-13H,3,8H2,1-2H3. The minimum atomic E-state index is -3.59. The Kier molecular flexibility index (Phi) is 4.92. The molecule has 1 aromatic carbocycles. The Balaban J connectivity index is 2.82. The van der Waals surface area contributed by atoms with E-state index in [9.17, 15) is 13.5 Å². The van der Waals surface area contributed by atoms with Crippen LogP contribution in [0.3, 0.4) is 0 Å². The zero-order valence-electron chi connectivity index (χ0n) is 9.88. The van der Waals surface area contributed by atoms with E-state index in [0.717, 1.165) is 0 Å². The largest absolute Gasteiger partial charge is 0.497 e. The third-order valence-electron chi connectivity index (χ3n) is 2.33. The second-order valence-corrected chi connectivity index (χ2v) is 5.36. The average Bonchev–Trinajstić information content (AvgIpc) is 2.36. The molecule has 0 aromatic heterocycles. The first-order valence-corrected chi connectivity index (χ1v) is 6.79. The molecule has 0 spiro atoms. The molecule has 0 saturated heterocycles. The molecule has 0 aliphatic rings. The predicted molar refractivity (Wildman–Crippen MR) is 64.5 cm³/mol. The highest BCUT2D eigenvalue weighted by Gasteiger charge is 2.15. The summed E-state index contributed by atoms with van der Waals surface area (Å²) in [5, 5.41) is 9.32. The fourth-order valence-corrected chi connectivity index (χ4v) is 2.31. The van der Waals surface area contributed by atoms with Gasteiger partial charge in [-0.25, -0.2) is 13.1 Å². The zero-order chi connectivity index (χ0) is 12.9. The molecule has 0 saturated carbocycles. The molecule has 1 unspecified atom stereocenters. The van der Waals surface area contributed by atoms with Crippen molar-refractivity contribution in [1.82, 2.24) is 4.72 Å². The molecule has 0 radical (unpaired) electrons. The number of hydrogen-bond acceptors (Lipinski definition) is 4. The number of hydrogen-bond donors (Lipinski definition) is 2. The number of aliphatic hydroxyl groups excluding tert-OH is 1. The number of methoxy groups -OCH3 is 1. The average molecular weight is 259 g/mol. The second-order valence-electron chi connectivity index (χ2n) is 3.59. The van der Waals surface area contributed by atoms with Gasteiger partial charge in [0.05, 0.1) is 18.1 Å². The maximum absolute atomic E-state index is 11.8. The molecule has 0 fully saturated rings. The molecule has 17 heavy (non-hydrogen) atoms. The summed E-state index contributed by atoms with van der Waals surface area (Å²) >= 11 is 0. The van der Waals surface area contributed by atoms with Crippen LogP contribution < -0.4 is 9.46 Å². The van der Waals surface area contributed by atoms with E-state index < -0.39 is 16.1 Å². The van der Waals surface area contributed by atoms with Gasteiger partial charge >= 0.3 is 0 Å². The molecular formula is C11H17NO4S. The summed E-state index contributed by atoms with van der Waals surface area (Å²) in [6, 6.07) is 6.17. The highest BCUT2D eigenvalue weighted by molar-refractivity contribution is 7.89. The fraction of sp³-hybridized carbons (Fsp3) is 0.455. The van der Waals surface area contributed by atoms with Gasteiger partial charge in [-0.3, -0.25) is 0 Å². The van der Waals surface area contributed by atoms with Crippen molar-refractivity contribution in [2.45, 2.75) is 24.3 Å². The number of ether oxygens (including phenoxy) is 1. The first kappa shape index (κ1) is 14.0. The van der Waals surface area contributed by atoms with Gasteiger partial charge in [-0.15, -0.1) is 0 Å². The van der Waals surface area contributed by atoms with Crippen molar-refractivity contribution in [2.75, 3.05) is 13.7 Å². The van der Waals surface area contributed by atoms with Crippen molar-refractivity contribution < 1.29 is 18.3 Å². The number of benzene rings is 1. The molecule has 0 aliphatic carbocycles. The molecule has 1 aromatic rings. The van der Waals surface area contributed by atoms with Crippen LogP contribution in [0.4, 0.5) is 0 Å². The van der Waals surface area contributed by atoms with Crippen molar-refractivity contribution in [1.29, 1.82) is 0 Å². The Morgan fingerprint density at radius 3 is 2.76 bits per heavy atom. The van der Waals surface area contributed by atoms with Gasteiger partial charge in [0.2, 0.25) is 10.0 Å². The Morgan fingerprint density at radius 1 is 1.47 bits per heavy atom. The summed E-state index contributed by atoms with van der Waals surface area (Å²) in [5.41, 5.74) is 0. The number of aliphatic hydroxyl groups is 1. The van der Waals surface area contributed by atoms with Crippen LogP contribution in [0, 0.1) is 0 Å². The quantitative estimate of drug-likeness (QED) is 0.790.